The summed E-state index contributed by atoms with van der Waals surface area (Å²) in [6.45, 7) is 3.91. The number of nitrogens with one attached hydrogen (secondary N) is 1. The zero-order chi connectivity index (χ0) is 9.10. The topological polar surface area (TPSA) is 15.3 Å². The quantitative estimate of drug-likeness (QED) is 0.661. The standard InChI is InChI=1S/C10H19FN2/c11-9-4-5-12-8-10(9)13-6-2-1-3-7-13/h9-10,12H,1-8H2/t9-,10+/m1/s1. The summed E-state index contributed by atoms with van der Waals surface area (Å²) >= 11 is 0. The second-order valence-electron chi connectivity index (χ2n) is 4.17. The molecule has 76 valence electrons. The van der Waals surface area contributed by atoms with Gasteiger partial charge < -0.3 is 5.32 Å². The summed E-state index contributed by atoms with van der Waals surface area (Å²) in [5, 5.41) is 3.28. The highest BCUT2D eigenvalue weighted by molar-refractivity contribution is 4.86. The van der Waals surface area contributed by atoms with Crippen molar-refractivity contribution in [3.05, 3.63) is 0 Å². The molecule has 13 heavy (non-hydrogen) atoms. The van der Waals surface area contributed by atoms with Crippen LogP contribution in [0.4, 0.5) is 4.39 Å². The average Bonchev–Trinajstić information content (AvgIpc) is 2.20. The van der Waals surface area contributed by atoms with E-state index in [-0.39, 0.29) is 6.04 Å². The highest BCUT2D eigenvalue weighted by atomic mass is 19.1. The first kappa shape index (κ1) is 9.41. The van der Waals surface area contributed by atoms with E-state index in [1.165, 1.54) is 19.3 Å². The molecule has 2 heterocycles. The van der Waals surface area contributed by atoms with Crippen molar-refractivity contribution in [1.29, 1.82) is 0 Å². The van der Waals surface area contributed by atoms with Crippen LogP contribution in [0.3, 0.4) is 0 Å². The highest BCUT2D eigenvalue weighted by Gasteiger charge is 2.30. The van der Waals surface area contributed by atoms with Crippen LogP contribution in [0.2, 0.25) is 0 Å². The second kappa shape index (κ2) is 4.38. The van der Waals surface area contributed by atoms with Gasteiger partial charge in [-0.2, -0.15) is 0 Å². The van der Waals surface area contributed by atoms with Crippen molar-refractivity contribution in [3.63, 3.8) is 0 Å². The fraction of sp³-hybridized carbons (Fsp3) is 1.00. The van der Waals surface area contributed by atoms with Crippen LogP contribution >= 0.6 is 0 Å². The van der Waals surface area contributed by atoms with E-state index in [0.29, 0.717) is 6.42 Å². The van der Waals surface area contributed by atoms with E-state index in [2.05, 4.69) is 10.2 Å². The van der Waals surface area contributed by atoms with E-state index >= 15 is 0 Å². The van der Waals surface area contributed by atoms with Crippen molar-refractivity contribution >= 4 is 0 Å². The van der Waals surface area contributed by atoms with Crippen LogP contribution in [0.1, 0.15) is 25.7 Å². The van der Waals surface area contributed by atoms with Crippen molar-refractivity contribution in [1.82, 2.24) is 10.2 Å². The number of rotatable bonds is 1. The molecule has 2 atom stereocenters. The maximum absolute atomic E-state index is 13.6. The molecule has 2 fully saturated rings. The van der Waals surface area contributed by atoms with Crippen LogP contribution in [-0.4, -0.2) is 43.3 Å². The Kier molecular flexibility index (Phi) is 3.17. The van der Waals surface area contributed by atoms with Gasteiger partial charge in [-0.3, -0.25) is 4.90 Å². The van der Waals surface area contributed by atoms with E-state index in [0.717, 1.165) is 26.2 Å². The summed E-state index contributed by atoms with van der Waals surface area (Å²) in [4.78, 5) is 2.33. The van der Waals surface area contributed by atoms with Gasteiger partial charge in [0.05, 0.1) is 6.04 Å². The van der Waals surface area contributed by atoms with Gasteiger partial charge in [0.2, 0.25) is 0 Å². The third-order valence-electron chi connectivity index (χ3n) is 3.23. The Morgan fingerprint density at radius 1 is 1.15 bits per heavy atom. The lowest BCUT2D eigenvalue weighted by Gasteiger charge is -2.38. The number of hydrogen-bond donors (Lipinski definition) is 1. The van der Waals surface area contributed by atoms with Gasteiger partial charge in [0.15, 0.2) is 0 Å². The first-order chi connectivity index (χ1) is 6.38. The summed E-state index contributed by atoms with van der Waals surface area (Å²) in [6, 6.07) is 0.161. The molecule has 2 aliphatic rings. The molecule has 2 rings (SSSR count). The van der Waals surface area contributed by atoms with Gasteiger partial charge in [-0.25, -0.2) is 4.39 Å². The van der Waals surface area contributed by atoms with Crippen LogP contribution < -0.4 is 5.32 Å². The molecule has 0 amide bonds. The minimum absolute atomic E-state index is 0.161. The lowest BCUT2D eigenvalue weighted by atomic mass is 10.0. The molecule has 0 spiro atoms. The molecule has 0 bridgehead atoms. The Bertz CT molecular complexity index is 157. The molecular weight excluding hydrogens is 167 g/mol. The van der Waals surface area contributed by atoms with Crippen molar-refractivity contribution in [2.45, 2.75) is 37.9 Å². The van der Waals surface area contributed by atoms with Gasteiger partial charge in [0.1, 0.15) is 6.17 Å². The Hall–Kier alpha value is -0.150. The Balaban J connectivity index is 1.88. The molecule has 3 heteroatoms. The fourth-order valence-electron chi connectivity index (χ4n) is 2.42. The third-order valence-corrected chi connectivity index (χ3v) is 3.23. The first-order valence-electron chi connectivity index (χ1n) is 5.47. The molecule has 0 aliphatic carbocycles. The maximum Gasteiger partial charge on any atom is 0.118 e. The number of piperidine rings is 2. The smallest absolute Gasteiger partial charge is 0.118 e. The molecule has 2 saturated heterocycles. The van der Waals surface area contributed by atoms with Crippen molar-refractivity contribution < 1.29 is 4.39 Å². The fourth-order valence-corrected chi connectivity index (χ4v) is 2.42. The van der Waals surface area contributed by atoms with Crippen LogP contribution in [0, 0.1) is 0 Å². The number of nitrogens with zero attached hydrogens (tertiary/aromatic N) is 1. The van der Waals surface area contributed by atoms with Gasteiger partial charge >= 0.3 is 0 Å². The maximum atomic E-state index is 13.6. The number of halogens is 1. The molecule has 0 radical (unpaired) electrons. The summed E-state index contributed by atoms with van der Waals surface area (Å²) in [5.74, 6) is 0. The predicted molar refractivity (Wildman–Crippen MR) is 51.6 cm³/mol. The SMILES string of the molecule is F[C@@H]1CCNC[C@@H]1N1CCCCC1. The van der Waals surface area contributed by atoms with Gasteiger partial charge in [-0.1, -0.05) is 6.42 Å². The third kappa shape index (κ3) is 2.20. The van der Waals surface area contributed by atoms with Crippen molar-refractivity contribution in [2.24, 2.45) is 0 Å². The van der Waals surface area contributed by atoms with E-state index in [9.17, 15) is 4.39 Å². The number of alkyl halides is 1. The molecule has 1 N–H and O–H groups in total. The lowest BCUT2D eigenvalue weighted by Crippen LogP contribution is -2.53. The molecule has 2 aliphatic heterocycles. The molecule has 0 saturated carbocycles. The highest BCUT2D eigenvalue weighted by Crippen LogP contribution is 2.19. The van der Waals surface area contributed by atoms with Crippen molar-refractivity contribution in [3.8, 4) is 0 Å². The number of hydrogen-bond acceptors (Lipinski definition) is 2. The Morgan fingerprint density at radius 2 is 1.92 bits per heavy atom. The van der Waals surface area contributed by atoms with Crippen LogP contribution in [0.5, 0.6) is 0 Å². The molecular formula is C10H19FN2. The molecule has 0 aromatic heterocycles. The second-order valence-corrected chi connectivity index (χ2v) is 4.17. The van der Waals surface area contributed by atoms with Crippen molar-refractivity contribution in [2.75, 3.05) is 26.2 Å². The monoisotopic (exact) mass is 186 g/mol. The summed E-state index contributed by atoms with van der Waals surface area (Å²) < 4.78 is 13.6. The molecule has 0 aromatic carbocycles. The van der Waals surface area contributed by atoms with E-state index < -0.39 is 6.17 Å². The Morgan fingerprint density at radius 3 is 2.62 bits per heavy atom. The van der Waals surface area contributed by atoms with Gasteiger partial charge in [-0.05, 0) is 38.9 Å². The van der Waals surface area contributed by atoms with Crippen LogP contribution in [0.15, 0.2) is 0 Å². The molecule has 0 unspecified atom stereocenters. The van der Waals surface area contributed by atoms with E-state index in [1.807, 2.05) is 0 Å². The zero-order valence-corrected chi connectivity index (χ0v) is 8.14. The van der Waals surface area contributed by atoms with E-state index in [4.69, 9.17) is 0 Å². The predicted octanol–water partition coefficient (Wildman–Crippen LogP) is 1.17. The van der Waals surface area contributed by atoms with Gasteiger partial charge in [0.25, 0.3) is 0 Å². The largest absolute Gasteiger partial charge is 0.315 e. The van der Waals surface area contributed by atoms with Gasteiger partial charge in [0, 0.05) is 6.54 Å². The summed E-state index contributed by atoms with van der Waals surface area (Å²) in [6.07, 6.45) is 3.93. The lowest BCUT2D eigenvalue weighted by molar-refractivity contribution is 0.0706. The van der Waals surface area contributed by atoms with E-state index in [1.54, 1.807) is 0 Å². The Labute approximate surface area is 79.5 Å². The zero-order valence-electron chi connectivity index (χ0n) is 8.14. The van der Waals surface area contributed by atoms with Crippen LogP contribution in [0.25, 0.3) is 0 Å². The molecule has 0 aromatic rings. The normalized spacial score (nSPS) is 37.6. The summed E-state index contributed by atoms with van der Waals surface area (Å²) in [5.41, 5.74) is 0. The minimum Gasteiger partial charge on any atom is -0.315 e. The number of likely N-dealkylation sites (tertiary alicyclic amines) is 1. The first-order valence-corrected chi connectivity index (χ1v) is 5.47. The molecule has 2 nitrogen and oxygen atoms in total. The van der Waals surface area contributed by atoms with Crippen LogP contribution in [-0.2, 0) is 0 Å². The minimum atomic E-state index is -0.598. The van der Waals surface area contributed by atoms with Gasteiger partial charge in [-0.15, -0.1) is 0 Å². The summed E-state index contributed by atoms with van der Waals surface area (Å²) in [7, 11) is 0. The average molecular weight is 186 g/mol.